The first-order valence-electron chi connectivity index (χ1n) is 5.79. The molecule has 16 heavy (non-hydrogen) atoms. The fourth-order valence-electron chi connectivity index (χ4n) is 1.89. The molecule has 0 saturated carbocycles. The van der Waals surface area contributed by atoms with Crippen LogP contribution in [0.15, 0.2) is 18.2 Å². The van der Waals surface area contributed by atoms with E-state index >= 15 is 0 Å². The van der Waals surface area contributed by atoms with E-state index in [4.69, 9.17) is 4.74 Å². The Kier molecular flexibility index (Phi) is 2.75. The molecule has 0 saturated heterocycles. The average Bonchev–Trinajstić information content (AvgIpc) is 2.39. The number of rotatable bonds is 0. The van der Waals surface area contributed by atoms with Crippen LogP contribution in [0.2, 0.25) is 0 Å². The van der Waals surface area contributed by atoms with E-state index < -0.39 is 0 Å². The van der Waals surface area contributed by atoms with Crippen molar-refractivity contribution in [1.82, 2.24) is 0 Å². The van der Waals surface area contributed by atoms with Gasteiger partial charge in [-0.2, -0.15) is 0 Å². The Morgan fingerprint density at radius 2 is 2.00 bits per heavy atom. The summed E-state index contributed by atoms with van der Waals surface area (Å²) in [5.74, 6) is 0.953. The zero-order valence-corrected chi connectivity index (χ0v) is 10.2. The Morgan fingerprint density at radius 1 is 1.25 bits per heavy atom. The Bertz CT molecular complexity index is 413. The fraction of sp³-hybridized carbons (Fsp3) is 0.500. The summed E-state index contributed by atoms with van der Waals surface area (Å²) >= 11 is 0. The van der Waals surface area contributed by atoms with Crippen LogP contribution in [0.1, 0.15) is 49.5 Å². The molecule has 0 radical (unpaired) electrons. The first-order valence-corrected chi connectivity index (χ1v) is 5.79. The van der Waals surface area contributed by atoms with Crippen molar-refractivity contribution in [3.63, 3.8) is 0 Å². The maximum Gasteiger partial charge on any atom is 0.166 e. The Hall–Kier alpha value is -1.31. The van der Waals surface area contributed by atoms with Crippen molar-refractivity contribution in [1.29, 1.82) is 0 Å². The molecule has 0 bridgehead atoms. The molecule has 0 amide bonds. The summed E-state index contributed by atoms with van der Waals surface area (Å²) in [6.45, 7) is 7.10. The topological polar surface area (TPSA) is 26.3 Å². The Balaban J connectivity index is 2.47. The second-order valence-corrected chi connectivity index (χ2v) is 5.34. The number of ketones is 1. The second-order valence-electron chi connectivity index (χ2n) is 5.34. The van der Waals surface area contributed by atoms with E-state index in [1.807, 2.05) is 12.1 Å². The summed E-state index contributed by atoms with van der Waals surface area (Å²) in [5, 5.41) is 0. The Morgan fingerprint density at radius 3 is 2.69 bits per heavy atom. The number of Topliss-reactive ketones (excluding diaryl/α,β-unsaturated/α-hetero) is 1. The lowest BCUT2D eigenvalue weighted by atomic mass is 9.85. The van der Waals surface area contributed by atoms with Crippen LogP contribution in [0.3, 0.4) is 0 Å². The summed E-state index contributed by atoms with van der Waals surface area (Å²) < 4.78 is 5.57. The van der Waals surface area contributed by atoms with Gasteiger partial charge in [0.1, 0.15) is 5.75 Å². The molecule has 2 rings (SSSR count). The molecule has 0 aromatic heterocycles. The molecule has 2 heteroatoms. The maximum atomic E-state index is 11.9. The van der Waals surface area contributed by atoms with Crippen LogP contribution in [0.5, 0.6) is 5.75 Å². The molecule has 1 heterocycles. The number of hydrogen-bond acceptors (Lipinski definition) is 2. The lowest BCUT2D eigenvalue weighted by molar-refractivity contribution is 0.0983. The van der Waals surface area contributed by atoms with Crippen LogP contribution in [0, 0.1) is 0 Å². The summed E-state index contributed by atoms with van der Waals surface area (Å²) in [5.41, 5.74) is 2.01. The van der Waals surface area contributed by atoms with Crippen molar-refractivity contribution in [2.24, 2.45) is 0 Å². The molecule has 1 aromatic carbocycles. The first-order chi connectivity index (χ1) is 7.48. The zero-order valence-electron chi connectivity index (χ0n) is 10.2. The van der Waals surface area contributed by atoms with Crippen molar-refractivity contribution < 1.29 is 9.53 Å². The predicted molar refractivity (Wildman–Crippen MR) is 64.2 cm³/mol. The standard InChI is InChI=1S/C14H18O2/c1-14(2,3)10-6-7-13-11(9-10)12(15)5-4-8-16-13/h6-7,9H,4-5,8H2,1-3H3. The minimum atomic E-state index is 0.0710. The largest absolute Gasteiger partial charge is 0.493 e. The number of carbonyl (C=O) groups excluding carboxylic acids is 1. The van der Waals surface area contributed by atoms with Crippen molar-refractivity contribution in [3.8, 4) is 5.75 Å². The highest BCUT2D eigenvalue weighted by Crippen LogP contribution is 2.30. The van der Waals surface area contributed by atoms with Crippen molar-refractivity contribution in [3.05, 3.63) is 29.3 Å². The van der Waals surface area contributed by atoms with Crippen LogP contribution < -0.4 is 4.74 Å². The predicted octanol–water partition coefficient (Wildman–Crippen LogP) is 3.34. The van der Waals surface area contributed by atoms with Gasteiger partial charge < -0.3 is 4.74 Å². The molecular formula is C14H18O2. The quantitative estimate of drug-likeness (QED) is 0.667. The molecule has 0 atom stereocenters. The normalized spacial score (nSPS) is 16.3. The van der Waals surface area contributed by atoms with Gasteiger partial charge in [0.15, 0.2) is 5.78 Å². The monoisotopic (exact) mass is 218 g/mol. The van der Waals surface area contributed by atoms with Gasteiger partial charge in [-0.15, -0.1) is 0 Å². The molecule has 2 nitrogen and oxygen atoms in total. The maximum absolute atomic E-state index is 11.9. The van der Waals surface area contributed by atoms with E-state index in [0.29, 0.717) is 13.0 Å². The summed E-state index contributed by atoms with van der Waals surface area (Å²) in [6.07, 6.45) is 1.42. The number of carbonyl (C=O) groups is 1. The Labute approximate surface area is 96.6 Å². The van der Waals surface area contributed by atoms with Gasteiger partial charge in [0, 0.05) is 6.42 Å². The van der Waals surface area contributed by atoms with Crippen molar-refractivity contribution >= 4 is 5.78 Å². The molecule has 86 valence electrons. The molecule has 1 aliphatic rings. The molecule has 0 unspecified atom stereocenters. The van der Waals surface area contributed by atoms with E-state index in [2.05, 4.69) is 26.8 Å². The van der Waals surface area contributed by atoms with Gasteiger partial charge in [-0.05, 0) is 29.5 Å². The molecule has 0 spiro atoms. The third-order valence-electron chi connectivity index (χ3n) is 2.95. The van der Waals surface area contributed by atoms with Crippen LogP contribution in [-0.2, 0) is 5.41 Å². The lowest BCUT2D eigenvalue weighted by Gasteiger charge is -2.20. The van der Waals surface area contributed by atoms with E-state index in [1.54, 1.807) is 0 Å². The number of ether oxygens (including phenoxy) is 1. The molecule has 0 aliphatic carbocycles. The highest BCUT2D eigenvalue weighted by atomic mass is 16.5. The minimum absolute atomic E-state index is 0.0710. The van der Waals surface area contributed by atoms with E-state index in [0.717, 1.165) is 17.7 Å². The molecule has 1 aromatic rings. The van der Waals surface area contributed by atoms with Crippen LogP contribution in [0.25, 0.3) is 0 Å². The summed E-state index contributed by atoms with van der Waals surface area (Å²) in [7, 11) is 0. The van der Waals surface area contributed by atoms with Gasteiger partial charge in [-0.1, -0.05) is 26.8 Å². The minimum Gasteiger partial charge on any atom is -0.493 e. The number of fused-ring (bicyclic) bond motifs is 1. The van der Waals surface area contributed by atoms with Crippen molar-refractivity contribution in [2.45, 2.75) is 39.0 Å². The third-order valence-corrected chi connectivity index (χ3v) is 2.95. The van der Waals surface area contributed by atoms with Gasteiger partial charge in [0.05, 0.1) is 12.2 Å². The molecular weight excluding hydrogens is 200 g/mol. The van der Waals surface area contributed by atoms with Crippen LogP contribution >= 0.6 is 0 Å². The number of benzene rings is 1. The van der Waals surface area contributed by atoms with E-state index in [-0.39, 0.29) is 11.2 Å². The average molecular weight is 218 g/mol. The number of hydrogen-bond donors (Lipinski definition) is 0. The summed E-state index contributed by atoms with van der Waals surface area (Å²) in [4.78, 5) is 11.9. The van der Waals surface area contributed by atoms with Crippen LogP contribution in [-0.4, -0.2) is 12.4 Å². The second kappa shape index (κ2) is 3.93. The zero-order chi connectivity index (χ0) is 11.8. The lowest BCUT2D eigenvalue weighted by Crippen LogP contribution is -2.12. The van der Waals surface area contributed by atoms with Gasteiger partial charge in [0.2, 0.25) is 0 Å². The van der Waals surface area contributed by atoms with Gasteiger partial charge in [-0.25, -0.2) is 0 Å². The van der Waals surface area contributed by atoms with Gasteiger partial charge in [-0.3, -0.25) is 4.79 Å². The van der Waals surface area contributed by atoms with Gasteiger partial charge >= 0.3 is 0 Å². The molecule has 1 aliphatic heterocycles. The fourth-order valence-corrected chi connectivity index (χ4v) is 1.89. The first kappa shape index (κ1) is 11.2. The SMILES string of the molecule is CC(C)(C)c1ccc2c(c1)C(=O)CCCO2. The molecule has 0 fully saturated rings. The van der Waals surface area contributed by atoms with Gasteiger partial charge in [0.25, 0.3) is 0 Å². The van der Waals surface area contributed by atoms with E-state index in [9.17, 15) is 4.79 Å². The van der Waals surface area contributed by atoms with E-state index in [1.165, 1.54) is 5.56 Å². The summed E-state index contributed by atoms with van der Waals surface area (Å²) in [6, 6.07) is 5.97. The smallest absolute Gasteiger partial charge is 0.166 e. The third kappa shape index (κ3) is 2.11. The van der Waals surface area contributed by atoms with Crippen LogP contribution in [0.4, 0.5) is 0 Å². The highest BCUT2D eigenvalue weighted by molar-refractivity contribution is 5.99. The molecule has 0 N–H and O–H groups in total. The van der Waals surface area contributed by atoms with Crippen molar-refractivity contribution in [2.75, 3.05) is 6.61 Å². The highest BCUT2D eigenvalue weighted by Gasteiger charge is 2.20.